The number of ether oxygens (including phenoxy) is 1. The van der Waals surface area contributed by atoms with E-state index in [4.69, 9.17) is 4.74 Å². The topological polar surface area (TPSA) is 9.23 Å². The fraction of sp³-hybridized carbons (Fsp3) is 0.440. The molecule has 1 unspecified atom stereocenters. The van der Waals surface area contributed by atoms with Crippen molar-refractivity contribution < 1.29 is 13.5 Å². The lowest BCUT2D eigenvalue weighted by Gasteiger charge is -2.21. The molecule has 3 rings (SSSR count). The number of halogens is 2. The minimum absolute atomic E-state index is 0.0136. The molecule has 0 radical (unpaired) electrons. The summed E-state index contributed by atoms with van der Waals surface area (Å²) in [6, 6.07) is 10.9. The van der Waals surface area contributed by atoms with E-state index in [0.717, 1.165) is 31.6 Å². The van der Waals surface area contributed by atoms with Crippen molar-refractivity contribution in [2.24, 2.45) is 5.92 Å². The fourth-order valence-electron chi connectivity index (χ4n) is 3.88. The second kappa shape index (κ2) is 9.86. The summed E-state index contributed by atoms with van der Waals surface area (Å²) in [5.74, 6) is -0.959. The van der Waals surface area contributed by atoms with Gasteiger partial charge in [-0.05, 0) is 60.4 Å². The minimum atomic E-state index is -0.908. The first-order valence-electron chi connectivity index (χ1n) is 10.5. The highest BCUT2D eigenvalue weighted by atomic mass is 19.2. The van der Waals surface area contributed by atoms with Crippen LogP contribution in [0.2, 0.25) is 0 Å². The largest absolute Gasteiger partial charge is 0.490 e. The Morgan fingerprint density at radius 1 is 0.929 bits per heavy atom. The van der Waals surface area contributed by atoms with Crippen LogP contribution in [0.3, 0.4) is 0 Å². The van der Waals surface area contributed by atoms with Crippen molar-refractivity contribution in [1.29, 1.82) is 0 Å². The molecular weight excluding hydrogens is 354 g/mol. The third kappa shape index (κ3) is 4.81. The Morgan fingerprint density at radius 2 is 1.68 bits per heavy atom. The van der Waals surface area contributed by atoms with Crippen molar-refractivity contribution in [1.82, 2.24) is 0 Å². The zero-order chi connectivity index (χ0) is 19.9. The van der Waals surface area contributed by atoms with E-state index in [1.54, 1.807) is 6.07 Å². The van der Waals surface area contributed by atoms with E-state index in [9.17, 15) is 8.78 Å². The minimum Gasteiger partial charge on any atom is -0.490 e. The molecule has 1 nitrogen and oxygen atoms in total. The molecule has 28 heavy (non-hydrogen) atoms. The number of benzene rings is 2. The van der Waals surface area contributed by atoms with Gasteiger partial charge in [0.15, 0.2) is 11.6 Å². The molecule has 150 valence electrons. The molecule has 1 aliphatic carbocycles. The van der Waals surface area contributed by atoms with Crippen LogP contribution in [0.4, 0.5) is 8.78 Å². The molecule has 1 atom stereocenters. The van der Waals surface area contributed by atoms with E-state index in [0.29, 0.717) is 12.2 Å². The third-order valence-electron chi connectivity index (χ3n) is 5.59. The molecule has 0 amide bonds. The van der Waals surface area contributed by atoms with Crippen LogP contribution >= 0.6 is 0 Å². The van der Waals surface area contributed by atoms with Gasteiger partial charge in [0.1, 0.15) is 0 Å². The van der Waals surface area contributed by atoms with Gasteiger partial charge < -0.3 is 4.74 Å². The van der Waals surface area contributed by atoms with Gasteiger partial charge in [-0.25, -0.2) is 4.39 Å². The van der Waals surface area contributed by atoms with E-state index in [1.165, 1.54) is 36.5 Å². The van der Waals surface area contributed by atoms with Crippen LogP contribution < -0.4 is 4.74 Å². The normalized spacial score (nSPS) is 16.7. The predicted molar refractivity (Wildman–Crippen MR) is 112 cm³/mol. The molecule has 0 bridgehead atoms. The molecule has 0 saturated heterocycles. The first kappa shape index (κ1) is 20.6. The van der Waals surface area contributed by atoms with E-state index < -0.39 is 11.6 Å². The molecule has 0 spiro atoms. The molecular formula is C25H30F2O. The molecule has 0 heterocycles. The van der Waals surface area contributed by atoms with Gasteiger partial charge in [0.05, 0.1) is 6.61 Å². The Morgan fingerprint density at radius 3 is 2.32 bits per heavy atom. The number of rotatable bonds is 8. The maximum absolute atomic E-state index is 14.6. The Hall–Kier alpha value is -2.16. The molecule has 3 heteroatoms. The van der Waals surface area contributed by atoms with Gasteiger partial charge >= 0.3 is 0 Å². The van der Waals surface area contributed by atoms with Crippen molar-refractivity contribution >= 4 is 5.57 Å². The zero-order valence-electron chi connectivity index (χ0n) is 16.9. The highest BCUT2D eigenvalue weighted by Crippen LogP contribution is 2.34. The van der Waals surface area contributed by atoms with E-state index in [2.05, 4.69) is 13.0 Å². The maximum Gasteiger partial charge on any atom is 0.201 e. The van der Waals surface area contributed by atoms with Gasteiger partial charge in [0, 0.05) is 5.56 Å². The maximum atomic E-state index is 14.6. The summed E-state index contributed by atoms with van der Waals surface area (Å²) in [5.41, 5.74) is 3.50. The molecule has 2 aromatic carbocycles. The van der Waals surface area contributed by atoms with Crippen molar-refractivity contribution in [3.05, 3.63) is 59.7 Å². The highest BCUT2D eigenvalue weighted by Gasteiger charge is 2.17. The van der Waals surface area contributed by atoms with Crippen molar-refractivity contribution in [2.75, 3.05) is 6.61 Å². The summed E-state index contributed by atoms with van der Waals surface area (Å²) in [6.07, 6.45) is 10.1. The molecule has 0 N–H and O–H groups in total. The fourth-order valence-corrected chi connectivity index (χ4v) is 3.88. The van der Waals surface area contributed by atoms with E-state index >= 15 is 0 Å². The average Bonchev–Trinajstić information content (AvgIpc) is 2.72. The SMILES string of the molecule is CCCCOc1ccc(-c2ccc(C3=CCC(CCC)CC3)cc2)c(F)c1F. The van der Waals surface area contributed by atoms with E-state index in [-0.39, 0.29) is 11.3 Å². The second-order valence-corrected chi connectivity index (χ2v) is 7.68. The van der Waals surface area contributed by atoms with Gasteiger partial charge in [-0.15, -0.1) is 0 Å². The number of allylic oxidation sites excluding steroid dienone is 2. The molecule has 2 aromatic rings. The van der Waals surface area contributed by atoms with Crippen molar-refractivity contribution in [3.63, 3.8) is 0 Å². The lowest BCUT2D eigenvalue weighted by atomic mass is 9.84. The summed E-state index contributed by atoms with van der Waals surface area (Å²) < 4.78 is 34.2. The summed E-state index contributed by atoms with van der Waals surface area (Å²) in [7, 11) is 0. The highest BCUT2D eigenvalue weighted by molar-refractivity contribution is 5.71. The first-order valence-corrected chi connectivity index (χ1v) is 10.5. The molecule has 0 saturated carbocycles. The van der Waals surface area contributed by atoms with E-state index in [1.807, 2.05) is 31.2 Å². The molecule has 0 aliphatic heterocycles. The predicted octanol–water partition coefficient (Wildman–Crippen LogP) is 7.79. The van der Waals surface area contributed by atoms with Crippen LogP contribution in [-0.4, -0.2) is 6.61 Å². The van der Waals surface area contributed by atoms with Gasteiger partial charge in [-0.1, -0.05) is 63.5 Å². The third-order valence-corrected chi connectivity index (χ3v) is 5.59. The van der Waals surface area contributed by atoms with Crippen LogP contribution in [0.5, 0.6) is 5.75 Å². The Kier molecular flexibility index (Phi) is 7.24. The van der Waals surface area contributed by atoms with Gasteiger partial charge in [0.25, 0.3) is 0 Å². The van der Waals surface area contributed by atoms with Gasteiger partial charge in [-0.3, -0.25) is 0 Å². The lowest BCUT2D eigenvalue weighted by Crippen LogP contribution is -2.05. The van der Waals surface area contributed by atoms with Crippen molar-refractivity contribution in [3.8, 4) is 16.9 Å². The number of hydrogen-bond donors (Lipinski definition) is 0. The summed E-state index contributed by atoms with van der Waals surface area (Å²) in [5, 5.41) is 0. The molecule has 1 aliphatic rings. The monoisotopic (exact) mass is 384 g/mol. The van der Waals surface area contributed by atoms with Crippen LogP contribution in [0, 0.1) is 17.6 Å². The van der Waals surface area contributed by atoms with Crippen LogP contribution in [0.1, 0.15) is 64.4 Å². The number of hydrogen-bond acceptors (Lipinski definition) is 1. The van der Waals surface area contributed by atoms with Crippen LogP contribution in [-0.2, 0) is 0 Å². The number of unbranched alkanes of at least 4 members (excludes halogenated alkanes) is 1. The van der Waals surface area contributed by atoms with Crippen LogP contribution in [0.25, 0.3) is 16.7 Å². The Labute approximate surface area is 167 Å². The summed E-state index contributed by atoms with van der Waals surface area (Å²) in [6.45, 7) is 4.67. The second-order valence-electron chi connectivity index (χ2n) is 7.68. The molecule has 0 fully saturated rings. The Balaban J connectivity index is 1.74. The zero-order valence-corrected chi connectivity index (χ0v) is 16.9. The smallest absolute Gasteiger partial charge is 0.201 e. The van der Waals surface area contributed by atoms with Crippen molar-refractivity contribution in [2.45, 2.75) is 58.8 Å². The van der Waals surface area contributed by atoms with Crippen LogP contribution in [0.15, 0.2) is 42.5 Å². The standard InChI is InChI=1S/C25H30F2O/c1-3-5-17-28-23-16-15-22(24(26)25(23)27)21-13-11-20(12-14-21)19-9-7-18(6-4-2)8-10-19/h9,11-16,18H,3-8,10,17H2,1-2H3. The molecule has 0 aromatic heterocycles. The Bertz CT molecular complexity index is 808. The summed E-state index contributed by atoms with van der Waals surface area (Å²) >= 11 is 0. The first-order chi connectivity index (χ1) is 13.6. The van der Waals surface area contributed by atoms with Gasteiger partial charge in [-0.2, -0.15) is 4.39 Å². The quantitative estimate of drug-likeness (QED) is 0.422. The van der Waals surface area contributed by atoms with Gasteiger partial charge in [0.2, 0.25) is 5.82 Å². The average molecular weight is 385 g/mol. The summed E-state index contributed by atoms with van der Waals surface area (Å²) in [4.78, 5) is 0. The lowest BCUT2D eigenvalue weighted by molar-refractivity contribution is 0.289.